The average molecular weight is 374 g/mol. The summed E-state index contributed by atoms with van der Waals surface area (Å²) in [6.45, 7) is 4.81. The molecule has 1 fully saturated rings. The van der Waals surface area contributed by atoms with Gasteiger partial charge in [0.1, 0.15) is 5.82 Å². The average Bonchev–Trinajstić information content (AvgIpc) is 3.12. The van der Waals surface area contributed by atoms with Crippen LogP contribution in [0, 0.1) is 5.82 Å². The molecule has 1 saturated heterocycles. The highest BCUT2D eigenvalue weighted by Crippen LogP contribution is 2.28. The molecule has 0 bridgehead atoms. The van der Waals surface area contributed by atoms with E-state index in [9.17, 15) is 9.18 Å². The molecule has 2 heterocycles. The first kappa shape index (κ1) is 17.3. The maximum atomic E-state index is 13.2. The number of halogens is 2. The Hall–Kier alpha value is -2.11. The summed E-state index contributed by atoms with van der Waals surface area (Å²) in [5, 5.41) is 3.65. The molecule has 0 unspecified atom stereocenters. The van der Waals surface area contributed by atoms with Crippen LogP contribution in [0.3, 0.4) is 0 Å². The summed E-state index contributed by atoms with van der Waals surface area (Å²) in [5.41, 5.74) is 4.36. The lowest BCUT2D eigenvalue weighted by molar-refractivity contribution is 0.0629. The molecule has 2 aromatic carbocycles. The highest BCUT2D eigenvalue weighted by Gasteiger charge is 2.24. The number of fused-ring (bicyclic) bond motifs is 1. The van der Waals surface area contributed by atoms with E-state index in [0.29, 0.717) is 18.7 Å². The number of carbonyl (C=O) groups is 1. The number of nitrogens with zero attached hydrogens (tertiary/aromatic N) is 2. The van der Waals surface area contributed by atoms with Gasteiger partial charge < -0.3 is 10.2 Å². The van der Waals surface area contributed by atoms with Crippen molar-refractivity contribution in [1.82, 2.24) is 9.80 Å². The molecule has 1 N–H and O–H groups in total. The molecule has 1 amide bonds. The topological polar surface area (TPSA) is 35.6 Å². The summed E-state index contributed by atoms with van der Waals surface area (Å²) in [4.78, 5) is 16.8. The molecule has 0 spiro atoms. The molecule has 0 saturated carbocycles. The second-order valence-electron chi connectivity index (χ2n) is 6.82. The summed E-state index contributed by atoms with van der Waals surface area (Å²) in [6.07, 6.45) is 1.09. The van der Waals surface area contributed by atoms with Gasteiger partial charge in [0.15, 0.2) is 0 Å². The van der Waals surface area contributed by atoms with E-state index in [1.54, 1.807) is 4.90 Å². The minimum absolute atomic E-state index is 0.128. The van der Waals surface area contributed by atoms with Crippen molar-refractivity contribution >= 4 is 23.2 Å². The highest BCUT2D eigenvalue weighted by molar-refractivity contribution is 6.33. The van der Waals surface area contributed by atoms with Crippen LogP contribution in [0.25, 0.3) is 0 Å². The lowest BCUT2D eigenvalue weighted by atomic mass is 10.1. The zero-order valence-corrected chi connectivity index (χ0v) is 15.2. The summed E-state index contributed by atoms with van der Waals surface area (Å²) in [7, 11) is 0. The first-order valence-electron chi connectivity index (χ1n) is 8.93. The van der Waals surface area contributed by atoms with Crippen LogP contribution < -0.4 is 5.32 Å². The zero-order chi connectivity index (χ0) is 18.1. The standard InChI is InChI=1S/C20H21ClFN3O/c21-18-12-16(22)4-5-17(18)20(26)25-10-8-24(9-11-25)13-15-3-1-2-14-6-7-23-19(14)15/h1-5,12,23H,6-11,13H2. The number of piperazine rings is 1. The predicted octanol–water partition coefficient (Wildman–Crippen LogP) is 3.41. The number of para-hydroxylation sites is 1. The van der Waals surface area contributed by atoms with E-state index in [2.05, 4.69) is 28.4 Å². The van der Waals surface area contributed by atoms with Crippen molar-refractivity contribution in [2.75, 3.05) is 38.0 Å². The van der Waals surface area contributed by atoms with E-state index in [0.717, 1.165) is 32.6 Å². The Morgan fingerprint density at radius 1 is 1.15 bits per heavy atom. The van der Waals surface area contributed by atoms with Gasteiger partial charge in [-0.15, -0.1) is 0 Å². The van der Waals surface area contributed by atoms with Crippen LogP contribution in [-0.4, -0.2) is 48.4 Å². The van der Waals surface area contributed by atoms with Crippen LogP contribution in [0.5, 0.6) is 0 Å². The summed E-state index contributed by atoms with van der Waals surface area (Å²) < 4.78 is 13.2. The molecule has 0 aliphatic carbocycles. The molecule has 0 radical (unpaired) electrons. The quantitative estimate of drug-likeness (QED) is 0.895. The molecular formula is C20H21ClFN3O. The first-order chi connectivity index (χ1) is 12.6. The van der Waals surface area contributed by atoms with Gasteiger partial charge >= 0.3 is 0 Å². The van der Waals surface area contributed by atoms with Gasteiger partial charge in [-0.2, -0.15) is 0 Å². The Morgan fingerprint density at radius 2 is 1.96 bits per heavy atom. The fourth-order valence-corrected chi connectivity index (χ4v) is 3.97. The molecule has 2 aliphatic rings. The van der Waals surface area contributed by atoms with Gasteiger partial charge in [-0.1, -0.05) is 29.8 Å². The third-order valence-electron chi connectivity index (χ3n) is 5.15. The molecule has 0 aromatic heterocycles. The van der Waals surface area contributed by atoms with Crippen molar-refractivity contribution in [1.29, 1.82) is 0 Å². The van der Waals surface area contributed by atoms with Crippen molar-refractivity contribution in [3.05, 3.63) is 63.9 Å². The van der Waals surface area contributed by atoms with Gasteiger partial charge in [0, 0.05) is 45.0 Å². The van der Waals surface area contributed by atoms with Gasteiger partial charge in [-0.05, 0) is 35.7 Å². The number of hydrogen-bond donors (Lipinski definition) is 1. The van der Waals surface area contributed by atoms with Gasteiger partial charge in [0.2, 0.25) is 0 Å². The molecule has 26 heavy (non-hydrogen) atoms. The summed E-state index contributed by atoms with van der Waals surface area (Å²) >= 11 is 6.03. The molecule has 136 valence electrons. The van der Waals surface area contributed by atoms with Crippen LogP contribution >= 0.6 is 11.6 Å². The predicted molar refractivity (Wildman–Crippen MR) is 101 cm³/mol. The Bertz CT molecular complexity index is 834. The van der Waals surface area contributed by atoms with Crippen molar-refractivity contribution < 1.29 is 9.18 Å². The minimum Gasteiger partial charge on any atom is -0.384 e. The minimum atomic E-state index is -0.430. The number of hydrogen-bond acceptors (Lipinski definition) is 3. The van der Waals surface area contributed by atoms with Crippen molar-refractivity contribution in [2.24, 2.45) is 0 Å². The number of amides is 1. The second-order valence-corrected chi connectivity index (χ2v) is 7.23. The second kappa shape index (κ2) is 7.25. The third kappa shape index (κ3) is 3.41. The maximum absolute atomic E-state index is 13.2. The molecule has 4 nitrogen and oxygen atoms in total. The Kier molecular flexibility index (Phi) is 4.83. The van der Waals surface area contributed by atoms with E-state index in [1.165, 1.54) is 35.0 Å². The number of rotatable bonds is 3. The van der Waals surface area contributed by atoms with Crippen LogP contribution in [0.15, 0.2) is 36.4 Å². The number of benzene rings is 2. The molecule has 2 aliphatic heterocycles. The third-order valence-corrected chi connectivity index (χ3v) is 5.46. The molecule has 2 aromatic rings. The smallest absolute Gasteiger partial charge is 0.255 e. The largest absolute Gasteiger partial charge is 0.384 e. The Balaban J connectivity index is 1.38. The van der Waals surface area contributed by atoms with Crippen molar-refractivity contribution in [3.8, 4) is 0 Å². The van der Waals surface area contributed by atoms with E-state index < -0.39 is 5.82 Å². The summed E-state index contributed by atoms with van der Waals surface area (Å²) in [6, 6.07) is 10.4. The Morgan fingerprint density at radius 3 is 2.73 bits per heavy atom. The summed E-state index contributed by atoms with van der Waals surface area (Å²) in [5.74, 6) is -0.558. The van der Waals surface area contributed by atoms with Crippen molar-refractivity contribution in [3.63, 3.8) is 0 Å². The van der Waals surface area contributed by atoms with Gasteiger partial charge in [0.05, 0.1) is 10.6 Å². The van der Waals surface area contributed by atoms with Crippen molar-refractivity contribution in [2.45, 2.75) is 13.0 Å². The van der Waals surface area contributed by atoms with Crippen LogP contribution in [0.2, 0.25) is 5.02 Å². The SMILES string of the molecule is O=C(c1ccc(F)cc1Cl)N1CCN(Cc2cccc3c2NCC3)CC1. The highest BCUT2D eigenvalue weighted by atomic mass is 35.5. The lowest BCUT2D eigenvalue weighted by Crippen LogP contribution is -2.48. The number of anilines is 1. The molecule has 6 heteroatoms. The lowest BCUT2D eigenvalue weighted by Gasteiger charge is -2.35. The molecule has 0 atom stereocenters. The zero-order valence-electron chi connectivity index (χ0n) is 14.5. The van der Waals surface area contributed by atoms with E-state index in [1.807, 2.05) is 0 Å². The maximum Gasteiger partial charge on any atom is 0.255 e. The van der Waals surface area contributed by atoms with Crippen LogP contribution in [0.1, 0.15) is 21.5 Å². The van der Waals surface area contributed by atoms with Crippen LogP contribution in [-0.2, 0) is 13.0 Å². The van der Waals surface area contributed by atoms with Gasteiger partial charge in [-0.3, -0.25) is 9.69 Å². The number of carbonyl (C=O) groups excluding carboxylic acids is 1. The molecule has 4 rings (SSSR count). The van der Waals surface area contributed by atoms with E-state index in [-0.39, 0.29) is 10.9 Å². The fourth-order valence-electron chi connectivity index (χ4n) is 3.73. The molecular weight excluding hydrogens is 353 g/mol. The monoisotopic (exact) mass is 373 g/mol. The fraction of sp³-hybridized carbons (Fsp3) is 0.350. The van der Waals surface area contributed by atoms with Crippen LogP contribution in [0.4, 0.5) is 10.1 Å². The van der Waals surface area contributed by atoms with Gasteiger partial charge in [-0.25, -0.2) is 4.39 Å². The van der Waals surface area contributed by atoms with Gasteiger partial charge in [0.25, 0.3) is 5.91 Å². The Labute approximate surface area is 157 Å². The van der Waals surface area contributed by atoms with E-state index in [4.69, 9.17) is 11.6 Å². The first-order valence-corrected chi connectivity index (χ1v) is 9.31. The number of nitrogens with one attached hydrogen (secondary N) is 1. The normalized spacial score (nSPS) is 17.1. The van der Waals surface area contributed by atoms with E-state index >= 15 is 0 Å².